The largest absolute Gasteiger partial charge is 0.497 e. The zero-order chi connectivity index (χ0) is 28.9. The number of nitrogens with one attached hydrogen (secondary N) is 2. The molecule has 1 amide bonds. The fraction of sp³-hybridized carbons (Fsp3) is 0.296. The number of halogens is 1. The van der Waals surface area contributed by atoms with E-state index in [4.69, 9.17) is 21.1 Å². The second kappa shape index (κ2) is 12.5. The number of rotatable bonds is 10. The minimum atomic E-state index is -3.95. The molecule has 3 aromatic carbocycles. The van der Waals surface area contributed by atoms with E-state index >= 15 is 0 Å². The van der Waals surface area contributed by atoms with Crippen molar-refractivity contribution >= 4 is 48.9 Å². The zero-order valence-corrected chi connectivity index (χ0v) is 24.4. The van der Waals surface area contributed by atoms with Crippen molar-refractivity contribution in [3.05, 3.63) is 77.3 Å². The van der Waals surface area contributed by atoms with Gasteiger partial charge in [-0.1, -0.05) is 23.7 Å². The Morgan fingerprint density at radius 1 is 0.925 bits per heavy atom. The lowest BCUT2D eigenvalue weighted by molar-refractivity contribution is -0.120. The monoisotopic (exact) mass is 607 g/mol. The van der Waals surface area contributed by atoms with Crippen molar-refractivity contribution in [2.75, 3.05) is 37.3 Å². The Balaban J connectivity index is 1.33. The number of benzene rings is 3. The number of hydrogen-bond donors (Lipinski definition) is 2. The first-order valence-corrected chi connectivity index (χ1v) is 15.9. The van der Waals surface area contributed by atoms with E-state index in [1.807, 2.05) is 0 Å². The van der Waals surface area contributed by atoms with E-state index in [0.29, 0.717) is 40.6 Å². The maximum atomic E-state index is 12.9. The van der Waals surface area contributed by atoms with E-state index in [2.05, 4.69) is 10.0 Å². The average Bonchev–Trinajstić information content (AvgIpc) is 2.94. The summed E-state index contributed by atoms with van der Waals surface area (Å²) in [7, 11) is -4.57. The van der Waals surface area contributed by atoms with Crippen LogP contribution in [-0.2, 0) is 30.6 Å². The summed E-state index contributed by atoms with van der Waals surface area (Å²) in [5.41, 5.74) is 1.30. The normalized spacial score (nSPS) is 14.9. The molecule has 1 aliphatic rings. The van der Waals surface area contributed by atoms with Crippen LogP contribution in [0.1, 0.15) is 18.4 Å². The van der Waals surface area contributed by atoms with Gasteiger partial charge in [-0.15, -0.1) is 0 Å². The van der Waals surface area contributed by atoms with Gasteiger partial charge in [0.1, 0.15) is 11.5 Å². The van der Waals surface area contributed by atoms with Gasteiger partial charge in [0.05, 0.1) is 30.6 Å². The van der Waals surface area contributed by atoms with Gasteiger partial charge in [-0.3, -0.25) is 9.52 Å². The highest BCUT2D eigenvalue weighted by molar-refractivity contribution is 7.92. The number of carbonyl (C=O) groups excluding carboxylic acids is 1. The van der Waals surface area contributed by atoms with Crippen molar-refractivity contribution < 1.29 is 31.1 Å². The summed E-state index contributed by atoms with van der Waals surface area (Å²) in [6.07, 6.45) is 0.759. The van der Waals surface area contributed by atoms with Gasteiger partial charge in [0.2, 0.25) is 15.9 Å². The van der Waals surface area contributed by atoms with Crippen molar-refractivity contribution in [2.24, 2.45) is 5.92 Å². The first-order chi connectivity index (χ1) is 19.0. The molecular formula is C27H30ClN3O7S2. The minimum absolute atomic E-state index is 0.00502. The number of ether oxygens (including phenoxy) is 2. The smallest absolute Gasteiger partial charge is 0.262 e. The number of nitrogens with zero attached hydrogens (tertiary/aromatic N) is 1. The predicted molar refractivity (Wildman–Crippen MR) is 154 cm³/mol. The van der Waals surface area contributed by atoms with E-state index < -0.39 is 20.0 Å². The van der Waals surface area contributed by atoms with Crippen LogP contribution in [0.3, 0.4) is 0 Å². The Morgan fingerprint density at radius 2 is 1.57 bits per heavy atom. The SMILES string of the molecule is COc1ccc(OC)c(NS(=O)(=O)c2ccc(NC(=O)C3CCN(S(=O)(=O)Cc4ccc(Cl)cc4)CC3)cc2)c1. The number of amides is 1. The van der Waals surface area contributed by atoms with Gasteiger partial charge < -0.3 is 14.8 Å². The fourth-order valence-electron chi connectivity index (χ4n) is 4.34. The van der Waals surface area contributed by atoms with Gasteiger partial charge in [-0.05, 0) is 66.9 Å². The van der Waals surface area contributed by atoms with Crippen LogP contribution in [-0.4, -0.2) is 54.4 Å². The standard InChI is InChI=1S/C27H30ClN3O7S2/c1-37-23-9-12-26(38-2)25(17-23)30-40(35,36)24-10-7-22(8-11-24)29-27(32)20-13-15-31(16-14-20)39(33,34)18-19-3-5-21(28)6-4-19/h3-12,17,20,30H,13-16,18H2,1-2H3,(H,29,32). The molecule has 1 heterocycles. The van der Waals surface area contributed by atoms with E-state index in [1.165, 1.54) is 48.9 Å². The van der Waals surface area contributed by atoms with Gasteiger partial charge >= 0.3 is 0 Å². The molecule has 40 heavy (non-hydrogen) atoms. The average molecular weight is 608 g/mol. The van der Waals surface area contributed by atoms with Gasteiger partial charge in [0.25, 0.3) is 10.0 Å². The highest BCUT2D eigenvalue weighted by atomic mass is 35.5. The number of methoxy groups -OCH3 is 2. The number of sulfonamides is 2. The van der Waals surface area contributed by atoms with Crippen molar-refractivity contribution in [1.29, 1.82) is 0 Å². The molecule has 0 aliphatic carbocycles. The zero-order valence-electron chi connectivity index (χ0n) is 22.0. The summed E-state index contributed by atoms with van der Waals surface area (Å²) in [6, 6.07) is 17.2. The Hall–Kier alpha value is -3.32. The van der Waals surface area contributed by atoms with Crippen LogP contribution in [0.15, 0.2) is 71.6 Å². The molecular weight excluding hydrogens is 578 g/mol. The molecule has 1 aliphatic heterocycles. The molecule has 214 valence electrons. The third-order valence-electron chi connectivity index (χ3n) is 6.56. The Bertz CT molecular complexity index is 1550. The van der Waals surface area contributed by atoms with Gasteiger partial charge in [-0.2, -0.15) is 0 Å². The van der Waals surface area contributed by atoms with Crippen LogP contribution in [0.5, 0.6) is 11.5 Å². The molecule has 1 fully saturated rings. The summed E-state index contributed by atoms with van der Waals surface area (Å²) in [5, 5.41) is 3.34. The highest BCUT2D eigenvalue weighted by Crippen LogP contribution is 2.31. The lowest BCUT2D eigenvalue weighted by Gasteiger charge is -2.30. The molecule has 13 heteroatoms. The Labute approximate surface area is 239 Å². The predicted octanol–water partition coefficient (Wildman–Crippen LogP) is 4.34. The quantitative estimate of drug-likeness (QED) is 0.350. The second-order valence-electron chi connectivity index (χ2n) is 9.24. The number of piperidine rings is 1. The van der Waals surface area contributed by atoms with Gasteiger partial charge in [0, 0.05) is 35.8 Å². The van der Waals surface area contributed by atoms with Crippen LogP contribution < -0.4 is 19.5 Å². The van der Waals surface area contributed by atoms with Crippen molar-refractivity contribution in [1.82, 2.24) is 4.31 Å². The van der Waals surface area contributed by atoms with Gasteiger partial charge in [0.15, 0.2) is 0 Å². The van der Waals surface area contributed by atoms with Gasteiger partial charge in [-0.25, -0.2) is 21.1 Å². The molecule has 0 bridgehead atoms. The maximum Gasteiger partial charge on any atom is 0.262 e. The third kappa shape index (κ3) is 7.25. The number of anilines is 2. The number of carbonyl (C=O) groups is 1. The van der Waals surface area contributed by atoms with Crippen LogP contribution in [0.4, 0.5) is 11.4 Å². The molecule has 3 aromatic rings. The van der Waals surface area contributed by atoms with E-state index in [-0.39, 0.29) is 41.3 Å². The molecule has 0 unspecified atom stereocenters. The van der Waals surface area contributed by atoms with E-state index in [0.717, 1.165) is 0 Å². The molecule has 0 spiro atoms. The van der Waals surface area contributed by atoms with Crippen LogP contribution in [0.2, 0.25) is 5.02 Å². The van der Waals surface area contributed by atoms with Crippen LogP contribution in [0, 0.1) is 5.92 Å². The molecule has 4 rings (SSSR count). The fourth-order valence-corrected chi connectivity index (χ4v) is 7.09. The first kappa shape index (κ1) is 29.7. The van der Waals surface area contributed by atoms with Crippen LogP contribution in [0.25, 0.3) is 0 Å². The minimum Gasteiger partial charge on any atom is -0.497 e. The molecule has 0 saturated carbocycles. The van der Waals surface area contributed by atoms with Crippen molar-refractivity contribution in [2.45, 2.75) is 23.5 Å². The van der Waals surface area contributed by atoms with E-state index in [9.17, 15) is 21.6 Å². The summed E-state index contributed by atoms with van der Waals surface area (Å²) in [5.74, 6) is 0.0475. The molecule has 1 saturated heterocycles. The topological polar surface area (TPSA) is 131 Å². The summed E-state index contributed by atoms with van der Waals surface area (Å²) >= 11 is 5.88. The second-order valence-corrected chi connectivity index (χ2v) is 13.3. The lowest BCUT2D eigenvalue weighted by Crippen LogP contribution is -2.41. The molecule has 0 aromatic heterocycles. The molecule has 0 atom stereocenters. The van der Waals surface area contributed by atoms with Crippen LogP contribution >= 0.6 is 11.6 Å². The molecule has 2 N–H and O–H groups in total. The van der Waals surface area contributed by atoms with Crippen molar-refractivity contribution in [3.8, 4) is 11.5 Å². The molecule has 0 radical (unpaired) electrons. The van der Waals surface area contributed by atoms with Crippen molar-refractivity contribution in [3.63, 3.8) is 0 Å². The Kier molecular flexibility index (Phi) is 9.24. The summed E-state index contributed by atoms with van der Waals surface area (Å²) in [6.45, 7) is 0.481. The third-order valence-corrected chi connectivity index (χ3v) is 10.0. The summed E-state index contributed by atoms with van der Waals surface area (Å²) < 4.78 is 65.8. The summed E-state index contributed by atoms with van der Waals surface area (Å²) in [4.78, 5) is 12.8. The first-order valence-electron chi connectivity index (χ1n) is 12.4. The van der Waals surface area contributed by atoms with E-state index in [1.54, 1.807) is 36.4 Å². The molecule has 10 nitrogen and oxygen atoms in total. The number of hydrogen-bond acceptors (Lipinski definition) is 7. The Morgan fingerprint density at radius 3 is 2.17 bits per heavy atom. The maximum absolute atomic E-state index is 12.9. The highest BCUT2D eigenvalue weighted by Gasteiger charge is 2.31. The lowest BCUT2D eigenvalue weighted by atomic mass is 9.97.